The number of ether oxygens (including phenoxy) is 1. The molecule has 0 bridgehead atoms. The number of alkyl halides is 3. The van der Waals surface area contributed by atoms with Crippen molar-refractivity contribution >= 4 is 0 Å². The number of piperidine rings is 1. The van der Waals surface area contributed by atoms with E-state index >= 15 is 0 Å². The highest BCUT2D eigenvalue weighted by Crippen LogP contribution is 2.31. The summed E-state index contributed by atoms with van der Waals surface area (Å²) in [5, 5.41) is 13.0. The third-order valence-electron chi connectivity index (χ3n) is 4.32. The van der Waals surface area contributed by atoms with Gasteiger partial charge in [-0.25, -0.2) is 0 Å². The Bertz CT molecular complexity index is 503. The molecule has 1 aliphatic heterocycles. The highest BCUT2D eigenvalue weighted by Gasteiger charge is 2.33. The normalized spacial score (nSPS) is 18.7. The van der Waals surface area contributed by atoms with E-state index in [2.05, 4.69) is 10.2 Å². The van der Waals surface area contributed by atoms with E-state index in [1.165, 1.54) is 12.1 Å². The zero-order valence-electron chi connectivity index (χ0n) is 13.9. The van der Waals surface area contributed by atoms with Crippen LogP contribution >= 0.6 is 0 Å². The number of aliphatic hydroxyl groups is 1. The average molecular weight is 346 g/mol. The summed E-state index contributed by atoms with van der Waals surface area (Å²) in [7, 11) is 1.55. The Morgan fingerprint density at radius 3 is 2.58 bits per heavy atom. The Kier molecular flexibility index (Phi) is 7.03. The Balaban J connectivity index is 1.79. The predicted octanol–water partition coefficient (Wildman–Crippen LogP) is 2.27. The maximum Gasteiger partial charge on any atom is 0.416 e. The van der Waals surface area contributed by atoms with Gasteiger partial charge in [-0.05, 0) is 37.6 Å². The summed E-state index contributed by atoms with van der Waals surface area (Å²) in [4.78, 5) is 2.16. The van der Waals surface area contributed by atoms with Crippen LogP contribution in [0.1, 0.15) is 24.0 Å². The van der Waals surface area contributed by atoms with Crippen molar-refractivity contribution in [1.29, 1.82) is 0 Å². The highest BCUT2D eigenvalue weighted by molar-refractivity contribution is 5.29. The maximum atomic E-state index is 13.0. The van der Waals surface area contributed by atoms with Crippen molar-refractivity contribution in [1.82, 2.24) is 10.2 Å². The third-order valence-corrected chi connectivity index (χ3v) is 4.32. The van der Waals surface area contributed by atoms with Gasteiger partial charge in [-0.15, -0.1) is 0 Å². The molecule has 1 heterocycles. The number of β-amino-alcohol motifs (C(OH)–C–C–N with tert-alkyl or cyclic N) is 1. The smallest absolute Gasteiger partial charge is 0.389 e. The summed E-state index contributed by atoms with van der Waals surface area (Å²) in [5.74, 6) is 0. The van der Waals surface area contributed by atoms with E-state index in [9.17, 15) is 18.3 Å². The molecule has 0 aliphatic carbocycles. The Morgan fingerprint density at radius 1 is 1.29 bits per heavy atom. The molecule has 1 atom stereocenters. The van der Waals surface area contributed by atoms with Crippen molar-refractivity contribution in [3.05, 3.63) is 35.4 Å². The van der Waals surface area contributed by atoms with Crippen LogP contribution in [-0.2, 0) is 17.5 Å². The van der Waals surface area contributed by atoms with E-state index in [4.69, 9.17) is 4.74 Å². The molecule has 0 saturated carbocycles. The topological polar surface area (TPSA) is 44.7 Å². The molecular weight excluding hydrogens is 321 g/mol. The molecule has 0 aromatic heterocycles. The molecule has 1 aromatic rings. The molecule has 1 saturated heterocycles. The van der Waals surface area contributed by atoms with Crippen LogP contribution in [0.25, 0.3) is 0 Å². The minimum absolute atomic E-state index is 0.196. The molecular formula is C17H25F3N2O2. The SMILES string of the molecule is COC[C@H](O)CN1CCC(NCc2ccccc2C(F)(F)F)CC1. The summed E-state index contributed by atoms with van der Waals surface area (Å²) >= 11 is 0. The van der Waals surface area contributed by atoms with E-state index in [-0.39, 0.29) is 18.2 Å². The van der Waals surface area contributed by atoms with Crippen LogP contribution in [0.15, 0.2) is 24.3 Å². The number of hydrogen-bond acceptors (Lipinski definition) is 4. The Labute approximate surface area is 140 Å². The minimum atomic E-state index is -4.32. The molecule has 0 radical (unpaired) electrons. The van der Waals surface area contributed by atoms with Gasteiger partial charge >= 0.3 is 6.18 Å². The molecule has 1 aliphatic rings. The van der Waals surface area contributed by atoms with Crippen LogP contribution in [0.4, 0.5) is 13.2 Å². The van der Waals surface area contributed by atoms with Crippen LogP contribution in [0.3, 0.4) is 0 Å². The zero-order chi connectivity index (χ0) is 17.6. The van der Waals surface area contributed by atoms with Gasteiger partial charge in [0.25, 0.3) is 0 Å². The molecule has 136 valence electrons. The summed E-state index contributed by atoms with van der Waals surface area (Å²) in [6.07, 6.45) is -3.11. The van der Waals surface area contributed by atoms with Gasteiger partial charge in [0.15, 0.2) is 0 Å². The summed E-state index contributed by atoms with van der Waals surface area (Å²) < 4.78 is 43.9. The first-order valence-corrected chi connectivity index (χ1v) is 8.18. The lowest BCUT2D eigenvalue weighted by Gasteiger charge is -2.33. The number of halogens is 3. The fraction of sp³-hybridized carbons (Fsp3) is 0.647. The van der Waals surface area contributed by atoms with Crippen LogP contribution < -0.4 is 5.32 Å². The van der Waals surface area contributed by atoms with Crippen molar-refractivity contribution in [2.24, 2.45) is 0 Å². The number of likely N-dealkylation sites (tertiary alicyclic amines) is 1. The number of hydrogen-bond donors (Lipinski definition) is 2. The lowest BCUT2D eigenvalue weighted by atomic mass is 10.0. The van der Waals surface area contributed by atoms with Crippen molar-refractivity contribution in [3.63, 3.8) is 0 Å². The Morgan fingerprint density at radius 2 is 1.96 bits per heavy atom. The zero-order valence-corrected chi connectivity index (χ0v) is 13.9. The molecule has 1 aromatic carbocycles. The number of methoxy groups -OCH3 is 1. The van der Waals surface area contributed by atoms with Crippen LogP contribution in [0.5, 0.6) is 0 Å². The standard InChI is InChI=1S/C17H25F3N2O2/c1-24-12-15(23)11-22-8-6-14(7-9-22)21-10-13-4-2-3-5-16(13)17(18,19)20/h2-5,14-15,21,23H,6-12H2,1H3/t15-/m1/s1. The fourth-order valence-corrected chi connectivity index (χ4v) is 3.07. The molecule has 0 amide bonds. The van der Waals surface area contributed by atoms with Crippen LogP contribution in [0.2, 0.25) is 0 Å². The van der Waals surface area contributed by atoms with Gasteiger partial charge in [-0.1, -0.05) is 18.2 Å². The maximum absolute atomic E-state index is 13.0. The van der Waals surface area contributed by atoms with Crippen molar-refractivity contribution < 1.29 is 23.0 Å². The lowest BCUT2D eigenvalue weighted by Crippen LogP contribution is -2.45. The van der Waals surface area contributed by atoms with Gasteiger partial charge in [0.05, 0.1) is 18.3 Å². The third kappa shape index (κ3) is 5.73. The van der Waals surface area contributed by atoms with E-state index in [1.54, 1.807) is 13.2 Å². The van der Waals surface area contributed by atoms with Crippen LogP contribution in [0, 0.1) is 0 Å². The van der Waals surface area contributed by atoms with E-state index in [0.29, 0.717) is 13.2 Å². The first-order chi connectivity index (χ1) is 11.4. The van der Waals surface area contributed by atoms with E-state index in [1.807, 2.05) is 0 Å². The second kappa shape index (κ2) is 8.80. The van der Waals surface area contributed by atoms with Gasteiger partial charge in [0, 0.05) is 26.2 Å². The first kappa shape index (κ1) is 19.2. The summed E-state index contributed by atoms with van der Waals surface area (Å²) in [5.41, 5.74) is -0.291. The van der Waals surface area contributed by atoms with E-state index in [0.717, 1.165) is 32.0 Å². The quantitative estimate of drug-likeness (QED) is 0.795. The summed E-state index contributed by atoms with van der Waals surface area (Å²) in [6, 6.07) is 5.88. The molecule has 7 heteroatoms. The average Bonchev–Trinajstić information content (AvgIpc) is 2.54. The molecule has 24 heavy (non-hydrogen) atoms. The molecule has 4 nitrogen and oxygen atoms in total. The Hall–Kier alpha value is -1.15. The van der Waals surface area contributed by atoms with Crippen molar-refractivity contribution in [3.8, 4) is 0 Å². The monoisotopic (exact) mass is 346 g/mol. The van der Waals surface area contributed by atoms with Crippen molar-refractivity contribution in [2.75, 3.05) is 33.4 Å². The number of nitrogens with one attached hydrogen (secondary N) is 1. The second-order valence-electron chi connectivity index (χ2n) is 6.22. The van der Waals surface area contributed by atoms with Gasteiger partial charge in [0.1, 0.15) is 0 Å². The van der Waals surface area contributed by atoms with Gasteiger partial charge in [-0.2, -0.15) is 13.2 Å². The van der Waals surface area contributed by atoms with Crippen LogP contribution in [-0.4, -0.2) is 55.5 Å². The molecule has 0 unspecified atom stereocenters. The largest absolute Gasteiger partial charge is 0.416 e. The predicted molar refractivity (Wildman–Crippen MR) is 85.6 cm³/mol. The molecule has 2 N–H and O–H groups in total. The number of benzene rings is 1. The van der Waals surface area contributed by atoms with Gasteiger partial charge in [-0.3, -0.25) is 0 Å². The first-order valence-electron chi connectivity index (χ1n) is 8.18. The fourth-order valence-electron chi connectivity index (χ4n) is 3.07. The molecule has 1 fully saturated rings. The minimum Gasteiger partial charge on any atom is -0.389 e. The van der Waals surface area contributed by atoms with Gasteiger partial charge < -0.3 is 20.1 Å². The highest BCUT2D eigenvalue weighted by atomic mass is 19.4. The second-order valence-corrected chi connectivity index (χ2v) is 6.22. The number of aliphatic hydroxyl groups excluding tert-OH is 1. The molecule has 0 spiro atoms. The summed E-state index contributed by atoms with van der Waals surface area (Å²) in [6.45, 7) is 2.73. The molecule has 2 rings (SSSR count). The lowest BCUT2D eigenvalue weighted by molar-refractivity contribution is -0.138. The number of rotatable bonds is 7. The van der Waals surface area contributed by atoms with Crippen molar-refractivity contribution in [2.45, 2.75) is 37.7 Å². The number of nitrogens with zero attached hydrogens (tertiary/aromatic N) is 1. The van der Waals surface area contributed by atoms with E-state index < -0.39 is 17.8 Å². The van der Waals surface area contributed by atoms with Gasteiger partial charge in [0.2, 0.25) is 0 Å².